The van der Waals surface area contributed by atoms with Gasteiger partial charge < -0.3 is 14.3 Å². The van der Waals surface area contributed by atoms with Crippen molar-refractivity contribution in [1.29, 1.82) is 0 Å². The molecule has 0 amide bonds. The lowest BCUT2D eigenvalue weighted by Crippen LogP contribution is -2.29. The summed E-state index contributed by atoms with van der Waals surface area (Å²) in [6.07, 6.45) is 1.50. The fourth-order valence-electron chi connectivity index (χ4n) is 1.98. The smallest absolute Gasteiger partial charge is 0.318 e. The van der Waals surface area contributed by atoms with Gasteiger partial charge in [-0.3, -0.25) is 9.59 Å². The van der Waals surface area contributed by atoms with Gasteiger partial charge in [0.1, 0.15) is 13.2 Å². The van der Waals surface area contributed by atoms with E-state index in [-0.39, 0.29) is 39.8 Å². The van der Waals surface area contributed by atoms with Crippen molar-refractivity contribution in [3.8, 4) is 5.75 Å². The number of hydrogen-bond acceptors (Lipinski definition) is 6. The Hall–Kier alpha value is -2.65. The van der Waals surface area contributed by atoms with Crippen molar-refractivity contribution in [3.63, 3.8) is 0 Å². The molecule has 9 heteroatoms. The zero-order valence-corrected chi connectivity index (χ0v) is 13.6. The van der Waals surface area contributed by atoms with Crippen LogP contribution in [0.15, 0.2) is 40.2 Å². The van der Waals surface area contributed by atoms with Crippen molar-refractivity contribution in [1.82, 2.24) is 4.72 Å². The molecule has 0 aliphatic carbocycles. The van der Waals surface area contributed by atoms with Gasteiger partial charge in [0.25, 0.3) is 0 Å². The first-order valence-corrected chi connectivity index (χ1v) is 8.27. The molecule has 0 radical (unpaired) electrons. The van der Waals surface area contributed by atoms with E-state index in [1.165, 1.54) is 31.2 Å². The zero-order valence-electron chi connectivity index (χ0n) is 12.7. The van der Waals surface area contributed by atoms with Crippen LogP contribution in [-0.4, -0.2) is 38.4 Å². The summed E-state index contributed by atoms with van der Waals surface area (Å²) in [5.41, 5.74) is 0.0836. The summed E-state index contributed by atoms with van der Waals surface area (Å²) in [7, 11) is -4.11. The van der Waals surface area contributed by atoms with E-state index in [0.717, 1.165) is 0 Å². The molecule has 0 saturated carbocycles. The zero-order chi connectivity index (χ0) is 17.9. The number of carboxylic acid groups (broad SMARTS) is 1. The Morgan fingerprint density at radius 1 is 1.42 bits per heavy atom. The number of nitrogens with one attached hydrogen (secondary N) is 1. The van der Waals surface area contributed by atoms with E-state index >= 15 is 0 Å². The molecule has 2 aromatic rings. The van der Waals surface area contributed by atoms with Crippen LogP contribution < -0.4 is 9.46 Å². The molecule has 1 aromatic carbocycles. The average Bonchev–Trinajstić information content (AvgIpc) is 2.96. The van der Waals surface area contributed by atoms with Gasteiger partial charge in [0.15, 0.2) is 22.9 Å². The molecular formula is C15H15NO7S. The number of aliphatic carboxylic acids is 1. The van der Waals surface area contributed by atoms with Crippen LogP contribution in [0.1, 0.15) is 17.5 Å². The molecule has 0 unspecified atom stereocenters. The summed E-state index contributed by atoms with van der Waals surface area (Å²) in [6.45, 7) is 4.19. The number of rotatable bonds is 8. The van der Waals surface area contributed by atoms with Crippen molar-refractivity contribution in [2.75, 3.05) is 13.2 Å². The fraction of sp³-hybridized carbons (Fsp3) is 0.200. The number of fused-ring (bicyclic) bond motifs is 1. The van der Waals surface area contributed by atoms with Crippen LogP contribution in [0.5, 0.6) is 5.75 Å². The molecule has 0 fully saturated rings. The number of sulfonamides is 1. The predicted octanol–water partition coefficient (Wildman–Crippen LogP) is 1.56. The number of benzene rings is 1. The van der Waals surface area contributed by atoms with Gasteiger partial charge in [-0.05, 0) is 18.2 Å². The lowest BCUT2D eigenvalue weighted by molar-refractivity contribution is -0.135. The second kappa shape index (κ2) is 6.85. The van der Waals surface area contributed by atoms with Gasteiger partial charge in [0.05, 0.1) is 4.90 Å². The standard InChI is InChI=1S/C15H15NO7S/c1-3-6-22-11-4-5-13(24(20,21)16-8-14(18)19)10-7-12(9(2)17)23-15(10)11/h3-5,7,16H,1,6,8H2,2H3,(H,18,19). The molecule has 2 N–H and O–H groups in total. The summed E-state index contributed by atoms with van der Waals surface area (Å²) in [5.74, 6) is -1.50. The molecule has 24 heavy (non-hydrogen) atoms. The summed E-state index contributed by atoms with van der Waals surface area (Å²) in [4.78, 5) is 21.9. The highest BCUT2D eigenvalue weighted by molar-refractivity contribution is 7.89. The van der Waals surface area contributed by atoms with E-state index in [1.807, 2.05) is 4.72 Å². The summed E-state index contributed by atoms with van der Waals surface area (Å²) in [6, 6.07) is 3.91. The maximum atomic E-state index is 12.3. The molecule has 128 valence electrons. The summed E-state index contributed by atoms with van der Waals surface area (Å²) < 4.78 is 37.3. The van der Waals surface area contributed by atoms with Gasteiger partial charge in [-0.2, -0.15) is 4.72 Å². The molecule has 0 saturated heterocycles. The normalized spacial score (nSPS) is 11.4. The van der Waals surface area contributed by atoms with Gasteiger partial charge in [0.2, 0.25) is 10.0 Å². The third kappa shape index (κ3) is 3.63. The van der Waals surface area contributed by atoms with Crippen molar-refractivity contribution in [3.05, 3.63) is 36.6 Å². The minimum absolute atomic E-state index is 0.0330. The predicted molar refractivity (Wildman–Crippen MR) is 84.7 cm³/mol. The largest absolute Gasteiger partial charge is 0.486 e. The Morgan fingerprint density at radius 2 is 2.12 bits per heavy atom. The number of ketones is 1. The minimum atomic E-state index is -4.11. The number of carboxylic acids is 1. The van der Waals surface area contributed by atoms with Crippen LogP contribution in [0, 0.1) is 0 Å². The third-order valence-corrected chi connectivity index (χ3v) is 4.47. The lowest BCUT2D eigenvalue weighted by Gasteiger charge is -2.08. The molecule has 0 atom stereocenters. The maximum absolute atomic E-state index is 12.3. The molecular weight excluding hydrogens is 338 g/mol. The SMILES string of the molecule is C=CCOc1ccc(S(=O)(=O)NCC(=O)O)c2cc(C(C)=O)oc12. The highest BCUT2D eigenvalue weighted by Gasteiger charge is 2.23. The molecule has 0 aliphatic rings. The quantitative estimate of drug-likeness (QED) is 0.545. The van der Waals surface area contributed by atoms with Gasteiger partial charge in [0, 0.05) is 12.3 Å². The highest BCUT2D eigenvalue weighted by atomic mass is 32.2. The van der Waals surface area contributed by atoms with Crippen molar-refractivity contribution < 1.29 is 32.3 Å². The van der Waals surface area contributed by atoms with Crippen molar-refractivity contribution >= 4 is 32.7 Å². The van der Waals surface area contributed by atoms with Gasteiger partial charge in [-0.25, -0.2) is 8.42 Å². The molecule has 0 spiro atoms. The second-order valence-corrected chi connectivity index (χ2v) is 6.52. The number of furan rings is 1. The second-order valence-electron chi connectivity index (χ2n) is 4.79. The molecule has 2 rings (SSSR count). The van der Waals surface area contributed by atoms with E-state index in [9.17, 15) is 18.0 Å². The van der Waals surface area contributed by atoms with Gasteiger partial charge >= 0.3 is 5.97 Å². The Bertz CT molecular complexity index is 911. The first-order chi connectivity index (χ1) is 11.3. The van der Waals surface area contributed by atoms with Crippen LogP contribution in [0.3, 0.4) is 0 Å². The van der Waals surface area contributed by atoms with E-state index in [0.29, 0.717) is 0 Å². The number of carbonyl (C=O) groups is 2. The van der Waals surface area contributed by atoms with E-state index < -0.39 is 22.5 Å². The van der Waals surface area contributed by atoms with Gasteiger partial charge in [-0.1, -0.05) is 12.7 Å². The van der Waals surface area contributed by atoms with Crippen LogP contribution in [0.4, 0.5) is 0 Å². The Morgan fingerprint density at radius 3 is 2.71 bits per heavy atom. The van der Waals surface area contributed by atoms with Crippen LogP contribution >= 0.6 is 0 Å². The molecule has 1 aromatic heterocycles. The van der Waals surface area contributed by atoms with Crippen LogP contribution in [0.2, 0.25) is 0 Å². The van der Waals surface area contributed by atoms with E-state index in [4.69, 9.17) is 14.3 Å². The maximum Gasteiger partial charge on any atom is 0.318 e. The number of ether oxygens (including phenoxy) is 1. The monoisotopic (exact) mass is 353 g/mol. The first kappa shape index (κ1) is 17.7. The van der Waals surface area contributed by atoms with Gasteiger partial charge in [-0.15, -0.1) is 0 Å². The molecule has 0 aliphatic heterocycles. The number of Topliss-reactive ketones (excluding diaryl/α,β-unsaturated/α-hetero) is 1. The Kier molecular flexibility index (Phi) is 5.05. The third-order valence-electron chi connectivity index (χ3n) is 3.01. The minimum Gasteiger partial charge on any atom is -0.486 e. The number of hydrogen-bond donors (Lipinski definition) is 2. The molecule has 8 nitrogen and oxygen atoms in total. The molecule has 1 heterocycles. The van der Waals surface area contributed by atoms with E-state index in [1.54, 1.807) is 0 Å². The first-order valence-electron chi connectivity index (χ1n) is 6.79. The lowest BCUT2D eigenvalue weighted by atomic mass is 10.2. The number of carbonyl (C=O) groups excluding carboxylic acids is 1. The Balaban J connectivity index is 2.61. The summed E-state index contributed by atoms with van der Waals surface area (Å²) >= 11 is 0. The van der Waals surface area contributed by atoms with Crippen LogP contribution in [-0.2, 0) is 14.8 Å². The van der Waals surface area contributed by atoms with Crippen molar-refractivity contribution in [2.45, 2.75) is 11.8 Å². The van der Waals surface area contributed by atoms with E-state index in [2.05, 4.69) is 6.58 Å². The van der Waals surface area contributed by atoms with Crippen molar-refractivity contribution in [2.24, 2.45) is 0 Å². The highest BCUT2D eigenvalue weighted by Crippen LogP contribution is 2.34. The fourth-order valence-corrected chi connectivity index (χ4v) is 3.14. The van der Waals surface area contributed by atoms with Crippen LogP contribution in [0.25, 0.3) is 11.0 Å². The molecule has 0 bridgehead atoms. The summed E-state index contributed by atoms with van der Waals surface area (Å²) in [5, 5.41) is 8.76. The average molecular weight is 353 g/mol. The topological polar surface area (TPSA) is 123 Å². The Labute approximate surface area is 137 Å².